The van der Waals surface area contributed by atoms with Gasteiger partial charge in [-0.25, -0.2) is 17.6 Å². The molecule has 2 aromatic rings. The first-order chi connectivity index (χ1) is 19.8. The topological polar surface area (TPSA) is 114 Å². The van der Waals surface area contributed by atoms with Gasteiger partial charge in [0.2, 0.25) is 0 Å². The second-order valence-electron chi connectivity index (χ2n) is 11.2. The fourth-order valence-corrected chi connectivity index (χ4v) is 6.31. The van der Waals surface area contributed by atoms with Gasteiger partial charge in [0, 0.05) is 37.0 Å². The summed E-state index contributed by atoms with van der Waals surface area (Å²) in [5.74, 6) is -4.67. The highest BCUT2D eigenvalue weighted by atomic mass is 32.2. The number of alkyl halides is 6. The molecule has 0 atom stereocenters. The fraction of sp³-hybridized carbons (Fsp3) is 0.519. The lowest BCUT2D eigenvalue weighted by Crippen LogP contribution is -2.58. The number of nitrogens with zero attached hydrogens (tertiary/aromatic N) is 2. The molecule has 43 heavy (non-hydrogen) atoms. The van der Waals surface area contributed by atoms with Crippen LogP contribution in [0.5, 0.6) is 5.75 Å². The van der Waals surface area contributed by atoms with Crippen LogP contribution >= 0.6 is 0 Å². The van der Waals surface area contributed by atoms with Gasteiger partial charge in [0.15, 0.2) is 15.6 Å². The summed E-state index contributed by atoms with van der Waals surface area (Å²) in [6.45, 7) is 2.66. The van der Waals surface area contributed by atoms with Crippen LogP contribution in [0.4, 0.5) is 36.4 Å². The Labute approximate surface area is 241 Å². The molecule has 2 aliphatic carbocycles. The first-order valence-electron chi connectivity index (χ1n) is 13.1. The van der Waals surface area contributed by atoms with Gasteiger partial charge in [-0.15, -0.1) is 0 Å². The Bertz CT molecular complexity index is 1500. The van der Waals surface area contributed by atoms with Crippen molar-refractivity contribution in [3.8, 4) is 5.75 Å². The Hall–Kier alpha value is -3.43. The largest absolute Gasteiger partial charge is 0.492 e. The summed E-state index contributed by atoms with van der Waals surface area (Å²) in [6, 6.07) is 3.88. The third-order valence-electron chi connectivity index (χ3n) is 7.19. The van der Waals surface area contributed by atoms with Crippen LogP contribution in [0.15, 0.2) is 30.6 Å². The van der Waals surface area contributed by atoms with Crippen molar-refractivity contribution in [1.29, 1.82) is 0 Å². The van der Waals surface area contributed by atoms with Crippen molar-refractivity contribution in [2.45, 2.75) is 56.1 Å². The number of carbonyl (C=O) groups excluding carboxylic acids is 1. The van der Waals surface area contributed by atoms with E-state index in [2.05, 4.69) is 4.98 Å². The van der Waals surface area contributed by atoms with E-state index in [-0.39, 0.29) is 29.5 Å². The van der Waals surface area contributed by atoms with Gasteiger partial charge in [0.25, 0.3) is 0 Å². The summed E-state index contributed by atoms with van der Waals surface area (Å²) in [6.07, 6.45) is -4.70. The van der Waals surface area contributed by atoms with E-state index in [1.54, 1.807) is 4.90 Å². The summed E-state index contributed by atoms with van der Waals surface area (Å²) in [7, 11) is -3.57. The van der Waals surface area contributed by atoms with E-state index >= 15 is 0 Å². The number of carboxylic acid groups (broad SMARTS) is 1. The molecule has 5 rings (SSSR count). The van der Waals surface area contributed by atoms with Gasteiger partial charge in [0.05, 0.1) is 28.7 Å². The summed E-state index contributed by atoms with van der Waals surface area (Å²) in [5.41, 5.74) is -0.779. The molecule has 0 radical (unpaired) electrons. The Morgan fingerprint density at radius 3 is 2.21 bits per heavy atom. The number of anilines is 1. The minimum Gasteiger partial charge on any atom is -0.492 e. The molecule has 236 valence electrons. The molecule has 2 heterocycles. The summed E-state index contributed by atoms with van der Waals surface area (Å²) >= 11 is 0. The third-order valence-corrected chi connectivity index (χ3v) is 9.34. The van der Waals surface area contributed by atoms with Gasteiger partial charge < -0.3 is 14.7 Å². The molecule has 3 fully saturated rings. The Morgan fingerprint density at radius 2 is 1.70 bits per heavy atom. The molecule has 1 aromatic carbocycles. The third kappa shape index (κ3) is 7.95. The number of rotatable bonds is 9. The van der Waals surface area contributed by atoms with Crippen molar-refractivity contribution < 1.29 is 58.6 Å². The first kappa shape index (κ1) is 32.5. The minimum absolute atomic E-state index is 0.0590. The number of aliphatic carboxylic acids is 1. The number of hydrogen-bond acceptors (Lipinski definition) is 7. The van der Waals surface area contributed by atoms with E-state index < -0.39 is 61.7 Å². The van der Waals surface area contributed by atoms with Gasteiger partial charge >= 0.3 is 18.3 Å². The molecule has 1 aliphatic heterocycles. The highest BCUT2D eigenvalue weighted by Gasteiger charge is 2.44. The summed E-state index contributed by atoms with van der Waals surface area (Å²) < 4.78 is 117. The zero-order valence-electron chi connectivity index (χ0n) is 22.6. The van der Waals surface area contributed by atoms with Crippen molar-refractivity contribution in [2.24, 2.45) is 5.41 Å². The van der Waals surface area contributed by atoms with Crippen LogP contribution in [-0.2, 0) is 20.8 Å². The average molecular weight is 641 g/mol. The second kappa shape index (κ2) is 11.6. The molecular formula is C27H27F7N2O6S. The van der Waals surface area contributed by atoms with E-state index in [0.717, 1.165) is 25.1 Å². The van der Waals surface area contributed by atoms with Gasteiger partial charge in [0.1, 0.15) is 17.3 Å². The number of benzene rings is 1. The predicted molar refractivity (Wildman–Crippen MR) is 138 cm³/mol. The number of ketones is 1. The van der Waals surface area contributed by atoms with Crippen LogP contribution in [0.25, 0.3) is 0 Å². The fourth-order valence-electron chi connectivity index (χ4n) is 4.70. The van der Waals surface area contributed by atoms with Crippen LogP contribution in [0.1, 0.15) is 60.0 Å². The lowest BCUT2D eigenvalue weighted by atomic mass is 9.82. The number of aromatic nitrogens is 1. The number of carboxylic acids is 1. The van der Waals surface area contributed by atoms with E-state index in [0.29, 0.717) is 31.5 Å². The molecule has 0 amide bonds. The molecule has 3 aliphatic rings. The summed E-state index contributed by atoms with van der Waals surface area (Å²) in [4.78, 5) is 26.7. The number of halogens is 7. The summed E-state index contributed by atoms with van der Waals surface area (Å²) in [5, 5.41) is 6.62. The number of hydrogen-bond donors (Lipinski definition) is 1. The molecule has 16 heteroatoms. The van der Waals surface area contributed by atoms with Crippen molar-refractivity contribution in [2.75, 3.05) is 30.3 Å². The molecular weight excluding hydrogens is 613 g/mol. The maximum Gasteiger partial charge on any atom is 0.490 e. The van der Waals surface area contributed by atoms with Crippen molar-refractivity contribution in [1.82, 2.24) is 4.98 Å². The zero-order valence-corrected chi connectivity index (χ0v) is 23.5. The van der Waals surface area contributed by atoms with Crippen LogP contribution < -0.4 is 9.64 Å². The van der Waals surface area contributed by atoms with Crippen LogP contribution in [-0.4, -0.2) is 67.1 Å². The van der Waals surface area contributed by atoms with Crippen molar-refractivity contribution >= 4 is 27.3 Å². The molecule has 0 spiro atoms. The standard InChI is InChI=1S/C25H26F4N2O4S.C2HF3O2/c1-24(12-31(13-24)21-6-7-30-10-19(21)25(27,28)29)14-35-23-9-20(26)18(8-17(23)15-2-3-15)22(32)11-36(33,34)16-4-5-16;3-2(4,5)1(6)7/h6-10,15-16H,2-5,11-14H2,1H3;(H,6,7). The maximum atomic E-state index is 14.9. The van der Waals surface area contributed by atoms with Gasteiger partial charge in [-0.05, 0) is 49.3 Å². The lowest BCUT2D eigenvalue weighted by Gasteiger charge is -2.49. The molecule has 1 N–H and O–H groups in total. The molecule has 1 aromatic heterocycles. The number of carbonyl (C=O) groups is 2. The van der Waals surface area contributed by atoms with E-state index in [1.165, 1.54) is 18.3 Å². The van der Waals surface area contributed by atoms with Crippen LogP contribution in [0.3, 0.4) is 0 Å². The Balaban J connectivity index is 0.000000541. The Morgan fingerprint density at radius 1 is 1.09 bits per heavy atom. The number of ether oxygens (including phenoxy) is 1. The number of pyridine rings is 1. The van der Waals surface area contributed by atoms with Crippen molar-refractivity contribution in [3.05, 3.63) is 53.1 Å². The van der Waals surface area contributed by atoms with E-state index in [1.807, 2.05) is 6.92 Å². The molecule has 8 nitrogen and oxygen atoms in total. The molecule has 0 bridgehead atoms. The SMILES string of the molecule is CC1(COc2cc(F)c(C(=O)CS(=O)(=O)C3CC3)cc2C2CC2)CN(c2ccncc2C(F)(F)F)C1.O=C(O)C(F)(F)F. The normalized spacial score (nSPS) is 18.3. The highest BCUT2D eigenvalue weighted by Crippen LogP contribution is 2.46. The van der Waals surface area contributed by atoms with E-state index in [4.69, 9.17) is 14.6 Å². The second-order valence-corrected chi connectivity index (χ2v) is 13.5. The number of sulfone groups is 1. The smallest absolute Gasteiger partial charge is 0.490 e. The van der Waals surface area contributed by atoms with Crippen LogP contribution in [0.2, 0.25) is 0 Å². The predicted octanol–water partition coefficient (Wildman–Crippen LogP) is 5.42. The molecule has 1 saturated heterocycles. The van der Waals surface area contributed by atoms with Gasteiger partial charge in [-0.3, -0.25) is 9.78 Å². The quantitative estimate of drug-likeness (QED) is 0.286. The first-order valence-corrected chi connectivity index (χ1v) is 14.8. The molecule has 0 unspecified atom stereocenters. The molecule has 2 saturated carbocycles. The highest BCUT2D eigenvalue weighted by molar-refractivity contribution is 7.93. The number of Topliss-reactive ketones (excluding diaryl/α,β-unsaturated/α-hetero) is 1. The van der Waals surface area contributed by atoms with E-state index in [9.17, 15) is 43.9 Å². The van der Waals surface area contributed by atoms with Crippen LogP contribution in [0, 0.1) is 11.2 Å². The minimum atomic E-state index is -5.08. The maximum absolute atomic E-state index is 14.9. The lowest BCUT2D eigenvalue weighted by molar-refractivity contribution is -0.192. The zero-order chi connectivity index (χ0) is 32.0. The van der Waals surface area contributed by atoms with Gasteiger partial charge in [-0.2, -0.15) is 26.3 Å². The Kier molecular flexibility index (Phi) is 8.75. The van der Waals surface area contributed by atoms with Gasteiger partial charge in [-0.1, -0.05) is 6.92 Å². The average Bonchev–Trinajstić information content (AvgIpc) is 3.78. The van der Waals surface area contributed by atoms with Crippen molar-refractivity contribution in [3.63, 3.8) is 0 Å². The monoisotopic (exact) mass is 640 g/mol.